The number of fused-ring (bicyclic) bond motifs is 3. The Morgan fingerprint density at radius 2 is 2.06 bits per heavy atom. The minimum Gasteiger partial charge on any atom is -0.454 e. The van der Waals surface area contributed by atoms with Crippen LogP contribution < -0.4 is 0 Å². The summed E-state index contributed by atoms with van der Waals surface area (Å²) in [5.74, 6) is -0.633. The van der Waals surface area contributed by atoms with Crippen molar-refractivity contribution in [3.05, 3.63) is 11.1 Å². The van der Waals surface area contributed by atoms with Gasteiger partial charge in [0.2, 0.25) is 0 Å². The fraction of sp³-hybridized carbons (Fsp3) is 0.800. The maximum Gasteiger partial charge on any atom is 0.312 e. The summed E-state index contributed by atoms with van der Waals surface area (Å²) in [5.41, 5.74) is 1.71. The number of rotatable bonds is 0. The third-order valence-corrected chi connectivity index (χ3v) is 5.52. The second-order valence-electron chi connectivity index (χ2n) is 6.64. The molecule has 1 aliphatic heterocycles. The molecule has 0 aromatic rings. The van der Waals surface area contributed by atoms with E-state index in [0.29, 0.717) is 6.42 Å². The molecule has 4 atom stereocenters. The summed E-state index contributed by atoms with van der Waals surface area (Å²) in [4.78, 5) is 11.8. The molecule has 100 valence electrons. The fourth-order valence-electron chi connectivity index (χ4n) is 4.21. The van der Waals surface area contributed by atoms with E-state index >= 15 is 0 Å². The van der Waals surface area contributed by atoms with Crippen LogP contribution in [0.2, 0.25) is 0 Å². The van der Waals surface area contributed by atoms with Crippen molar-refractivity contribution in [1.29, 1.82) is 0 Å². The summed E-state index contributed by atoms with van der Waals surface area (Å²) >= 11 is 0. The van der Waals surface area contributed by atoms with E-state index in [1.165, 1.54) is 17.6 Å². The number of aliphatic hydroxyl groups is 1. The first-order valence-corrected chi connectivity index (χ1v) is 7.01. The number of allylic oxidation sites excluding steroid dienone is 1. The van der Waals surface area contributed by atoms with Crippen molar-refractivity contribution in [2.75, 3.05) is 0 Å². The topological polar surface area (TPSA) is 46.5 Å². The lowest BCUT2D eigenvalue weighted by Gasteiger charge is -2.49. The molecule has 3 heteroatoms. The van der Waals surface area contributed by atoms with E-state index in [9.17, 15) is 9.90 Å². The molecule has 18 heavy (non-hydrogen) atoms. The van der Waals surface area contributed by atoms with Gasteiger partial charge in [0, 0.05) is 0 Å². The van der Waals surface area contributed by atoms with Crippen LogP contribution in [0.1, 0.15) is 52.9 Å². The first-order valence-electron chi connectivity index (χ1n) is 7.01. The maximum absolute atomic E-state index is 11.8. The first kappa shape index (κ1) is 12.2. The summed E-state index contributed by atoms with van der Waals surface area (Å²) < 4.78 is 5.54. The fourth-order valence-corrected chi connectivity index (χ4v) is 4.21. The zero-order valence-corrected chi connectivity index (χ0v) is 11.5. The van der Waals surface area contributed by atoms with E-state index in [2.05, 4.69) is 13.8 Å². The molecule has 3 nitrogen and oxygen atoms in total. The predicted molar refractivity (Wildman–Crippen MR) is 67.9 cm³/mol. The predicted octanol–water partition coefficient (Wildman–Crippen LogP) is 2.58. The summed E-state index contributed by atoms with van der Waals surface area (Å²) in [7, 11) is 0. The molecular formula is C15H22O3. The van der Waals surface area contributed by atoms with E-state index in [-0.39, 0.29) is 17.5 Å². The van der Waals surface area contributed by atoms with E-state index < -0.39 is 11.5 Å². The Labute approximate surface area is 108 Å². The smallest absolute Gasteiger partial charge is 0.312 e. The molecular weight excluding hydrogens is 228 g/mol. The molecule has 3 rings (SSSR count). The molecule has 1 heterocycles. The minimum absolute atomic E-state index is 0.129. The van der Waals surface area contributed by atoms with Gasteiger partial charge in [-0.05, 0) is 56.9 Å². The molecule has 1 N–H and O–H groups in total. The quantitative estimate of drug-likeness (QED) is 0.531. The summed E-state index contributed by atoms with van der Waals surface area (Å²) in [6.45, 7) is 6.19. The van der Waals surface area contributed by atoms with Crippen LogP contribution in [0, 0.1) is 11.3 Å². The van der Waals surface area contributed by atoms with Crippen LogP contribution in [0.5, 0.6) is 0 Å². The van der Waals surface area contributed by atoms with Gasteiger partial charge in [-0.2, -0.15) is 0 Å². The van der Waals surface area contributed by atoms with Crippen molar-refractivity contribution in [3.63, 3.8) is 0 Å². The Bertz CT molecular complexity index is 439. The SMILES string of the molecule is CC1=C2[C@@H]3OC(=O)[C@H](C)[C@@]3(O)CC[C@]2(C)CCC1. The molecule has 0 aromatic heterocycles. The molecule has 1 saturated heterocycles. The standard InChI is InChI=1S/C15H22O3/c1-9-5-4-6-14(3)7-8-15(17)10(2)13(16)18-12(15)11(9)14/h10,12,17H,4-8H2,1-3H3/t10-,12-,14-,15-/m0/s1. The number of carbonyl (C=O) groups excluding carboxylic acids is 1. The number of hydrogen-bond donors (Lipinski definition) is 1. The average molecular weight is 250 g/mol. The van der Waals surface area contributed by atoms with E-state index in [0.717, 1.165) is 19.3 Å². The van der Waals surface area contributed by atoms with Gasteiger partial charge in [0.1, 0.15) is 5.60 Å². The summed E-state index contributed by atoms with van der Waals surface area (Å²) in [6, 6.07) is 0. The Hall–Kier alpha value is -0.830. The van der Waals surface area contributed by atoms with E-state index in [4.69, 9.17) is 4.74 Å². The van der Waals surface area contributed by atoms with Crippen LogP contribution in [0.25, 0.3) is 0 Å². The van der Waals surface area contributed by atoms with Crippen molar-refractivity contribution < 1.29 is 14.6 Å². The normalized spacial score (nSPS) is 47.7. The lowest BCUT2D eigenvalue weighted by atomic mass is 9.58. The van der Waals surface area contributed by atoms with Crippen LogP contribution in [-0.2, 0) is 9.53 Å². The Balaban J connectivity index is 2.10. The summed E-state index contributed by atoms with van der Waals surface area (Å²) in [5, 5.41) is 10.8. The van der Waals surface area contributed by atoms with Crippen LogP contribution in [-0.4, -0.2) is 22.8 Å². The van der Waals surface area contributed by atoms with Gasteiger partial charge in [0.05, 0.1) is 5.92 Å². The van der Waals surface area contributed by atoms with Gasteiger partial charge < -0.3 is 9.84 Å². The molecule has 2 fully saturated rings. The van der Waals surface area contributed by atoms with Gasteiger partial charge in [-0.1, -0.05) is 12.5 Å². The van der Waals surface area contributed by atoms with Gasteiger partial charge in [0.15, 0.2) is 6.10 Å². The molecule has 0 bridgehead atoms. The van der Waals surface area contributed by atoms with Gasteiger partial charge in [0.25, 0.3) is 0 Å². The number of hydrogen-bond acceptors (Lipinski definition) is 3. The average Bonchev–Trinajstić information content (AvgIpc) is 2.53. The number of ether oxygens (including phenoxy) is 1. The first-order chi connectivity index (χ1) is 8.38. The van der Waals surface area contributed by atoms with Crippen molar-refractivity contribution in [3.8, 4) is 0 Å². The maximum atomic E-state index is 11.8. The molecule has 2 aliphatic carbocycles. The summed E-state index contributed by atoms with van der Waals surface area (Å²) in [6.07, 6.45) is 4.69. The monoisotopic (exact) mass is 250 g/mol. The number of esters is 1. The highest BCUT2D eigenvalue weighted by Gasteiger charge is 2.61. The van der Waals surface area contributed by atoms with Crippen molar-refractivity contribution >= 4 is 5.97 Å². The molecule has 0 radical (unpaired) electrons. The molecule has 0 aromatic carbocycles. The minimum atomic E-state index is -0.968. The second-order valence-corrected chi connectivity index (χ2v) is 6.64. The van der Waals surface area contributed by atoms with Gasteiger partial charge >= 0.3 is 5.97 Å². The van der Waals surface area contributed by atoms with Crippen LogP contribution >= 0.6 is 0 Å². The lowest BCUT2D eigenvalue weighted by Crippen LogP contribution is -2.52. The third kappa shape index (κ3) is 1.37. The highest BCUT2D eigenvalue weighted by molar-refractivity contribution is 5.77. The van der Waals surface area contributed by atoms with Crippen LogP contribution in [0.3, 0.4) is 0 Å². The van der Waals surface area contributed by atoms with E-state index in [1.54, 1.807) is 6.92 Å². The molecule has 0 spiro atoms. The Kier molecular flexibility index (Phi) is 2.44. The third-order valence-electron chi connectivity index (χ3n) is 5.52. The highest BCUT2D eigenvalue weighted by atomic mass is 16.6. The second kappa shape index (κ2) is 3.60. The van der Waals surface area contributed by atoms with Crippen molar-refractivity contribution in [1.82, 2.24) is 0 Å². The van der Waals surface area contributed by atoms with Gasteiger partial charge in [-0.25, -0.2) is 0 Å². The number of carbonyl (C=O) groups is 1. The van der Waals surface area contributed by atoms with Crippen LogP contribution in [0.4, 0.5) is 0 Å². The highest BCUT2D eigenvalue weighted by Crippen LogP contribution is 2.56. The van der Waals surface area contributed by atoms with E-state index in [1.807, 2.05) is 0 Å². The molecule has 0 amide bonds. The van der Waals surface area contributed by atoms with Gasteiger partial charge in [-0.3, -0.25) is 4.79 Å². The molecule has 0 unspecified atom stereocenters. The molecule has 1 saturated carbocycles. The van der Waals surface area contributed by atoms with Crippen molar-refractivity contribution in [2.45, 2.75) is 64.6 Å². The Morgan fingerprint density at radius 3 is 2.78 bits per heavy atom. The van der Waals surface area contributed by atoms with Crippen molar-refractivity contribution in [2.24, 2.45) is 11.3 Å². The zero-order chi connectivity index (χ0) is 13.1. The van der Waals surface area contributed by atoms with Gasteiger partial charge in [-0.15, -0.1) is 0 Å². The Morgan fingerprint density at radius 1 is 1.33 bits per heavy atom. The molecule has 3 aliphatic rings. The largest absolute Gasteiger partial charge is 0.454 e. The zero-order valence-electron chi connectivity index (χ0n) is 11.5. The van der Waals surface area contributed by atoms with Crippen LogP contribution in [0.15, 0.2) is 11.1 Å². The lowest BCUT2D eigenvalue weighted by molar-refractivity contribution is -0.143.